The highest BCUT2D eigenvalue weighted by atomic mass is 79.9. The van der Waals surface area contributed by atoms with Gasteiger partial charge in [-0.3, -0.25) is 4.79 Å². The summed E-state index contributed by atoms with van der Waals surface area (Å²) >= 11 is 9.01. The van der Waals surface area contributed by atoms with Crippen molar-refractivity contribution < 1.29 is 9.53 Å². The molecule has 1 heterocycles. The first kappa shape index (κ1) is 14.7. The molecule has 0 spiro atoms. The van der Waals surface area contributed by atoms with E-state index in [4.69, 9.17) is 16.3 Å². The van der Waals surface area contributed by atoms with Gasteiger partial charge < -0.3 is 9.64 Å². The molecule has 1 aromatic rings. The van der Waals surface area contributed by atoms with E-state index in [1.807, 2.05) is 29.2 Å². The third-order valence-electron chi connectivity index (χ3n) is 3.27. The van der Waals surface area contributed by atoms with Gasteiger partial charge in [0, 0.05) is 23.5 Å². The van der Waals surface area contributed by atoms with Gasteiger partial charge in [-0.1, -0.05) is 22.0 Å². The fourth-order valence-corrected chi connectivity index (χ4v) is 2.83. The first-order valence-corrected chi connectivity index (χ1v) is 7.74. The maximum atomic E-state index is 11.6. The largest absolute Gasteiger partial charge is 0.493 e. The normalized spacial score (nSPS) is 19.3. The molecule has 0 aliphatic carbocycles. The maximum Gasteiger partial charge on any atom is 0.237 e. The minimum Gasteiger partial charge on any atom is -0.493 e. The van der Waals surface area contributed by atoms with Crippen LogP contribution in [0.2, 0.25) is 0 Å². The van der Waals surface area contributed by atoms with E-state index in [2.05, 4.69) is 15.9 Å². The Labute approximate surface area is 127 Å². The predicted molar refractivity (Wildman–Crippen MR) is 79.7 cm³/mol. The summed E-state index contributed by atoms with van der Waals surface area (Å²) in [4.78, 5) is 13.4. The van der Waals surface area contributed by atoms with Gasteiger partial charge in [0.15, 0.2) is 0 Å². The van der Waals surface area contributed by atoms with Crippen LogP contribution in [0.3, 0.4) is 0 Å². The van der Waals surface area contributed by atoms with Crippen molar-refractivity contribution in [3.8, 4) is 5.75 Å². The van der Waals surface area contributed by atoms with Gasteiger partial charge in [-0.2, -0.15) is 0 Å². The number of carbonyl (C=O) groups excluding carboxylic acids is 1. The molecule has 1 atom stereocenters. The average Bonchev–Trinajstić information content (AvgIpc) is 2.45. The van der Waals surface area contributed by atoms with Gasteiger partial charge in [0.25, 0.3) is 0 Å². The lowest BCUT2D eigenvalue weighted by Crippen LogP contribution is -2.42. The molecule has 1 fully saturated rings. The van der Waals surface area contributed by atoms with E-state index in [1.165, 1.54) is 0 Å². The van der Waals surface area contributed by atoms with E-state index < -0.39 is 0 Å². The van der Waals surface area contributed by atoms with Gasteiger partial charge in [-0.15, -0.1) is 11.6 Å². The van der Waals surface area contributed by atoms with Crippen LogP contribution in [-0.4, -0.2) is 36.4 Å². The van der Waals surface area contributed by atoms with Gasteiger partial charge in [-0.05, 0) is 31.0 Å². The lowest BCUT2D eigenvalue weighted by Gasteiger charge is -2.32. The van der Waals surface area contributed by atoms with Crippen molar-refractivity contribution >= 4 is 33.4 Å². The number of carbonyl (C=O) groups is 1. The van der Waals surface area contributed by atoms with Gasteiger partial charge in [0.2, 0.25) is 5.91 Å². The second-order valence-electron chi connectivity index (χ2n) is 4.75. The molecule has 19 heavy (non-hydrogen) atoms. The number of amides is 1. The fraction of sp³-hybridized carbons (Fsp3) is 0.500. The summed E-state index contributed by atoms with van der Waals surface area (Å²) < 4.78 is 6.79. The summed E-state index contributed by atoms with van der Waals surface area (Å²) in [5.74, 6) is 1.34. The van der Waals surface area contributed by atoms with E-state index in [0.29, 0.717) is 12.5 Å². The van der Waals surface area contributed by atoms with Crippen LogP contribution in [0.5, 0.6) is 5.75 Å². The molecule has 0 N–H and O–H groups in total. The Balaban J connectivity index is 1.84. The monoisotopic (exact) mass is 345 g/mol. The summed E-state index contributed by atoms with van der Waals surface area (Å²) in [6.07, 6.45) is 2.12. The van der Waals surface area contributed by atoms with Crippen molar-refractivity contribution in [1.82, 2.24) is 4.90 Å². The second kappa shape index (κ2) is 7.15. The molecule has 1 aliphatic heterocycles. The van der Waals surface area contributed by atoms with Crippen LogP contribution >= 0.6 is 27.5 Å². The van der Waals surface area contributed by atoms with Crippen LogP contribution in [0.1, 0.15) is 12.8 Å². The lowest BCUT2D eigenvalue weighted by molar-refractivity contribution is -0.130. The lowest BCUT2D eigenvalue weighted by atomic mass is 9.99. The Hall–Kier alpha value is -0.740. The van der Waals surface area contributed by atoms with E-state index >= 15 is 0 Å². The second-order valence-corrected chi connectivity index (χ2v) is 5.93. The summed E-state index contributed by atoms with van der Waals surface area (Å²) in [5, 5.41) is 0. The molecule has 1 unspecified atom stereocenters. The zero-order valence-corrected chi connectivity index (χ0v) is 13.0. The number of alkyl halides is 1. The summed E-state index contributed by atoms with van der Waals surface area (Å²) in [6, 6.07) is 7.80. The van der Waals surface area contributed by atoms with Crippen molar-refractivity contribution in [2.24, 2.45) is 5.92 Å². The number of piperidine rings is 1. The predicted octanol–water partition coefficient (Wildman–Crippen LogP) is 3.31. The first-order valence-electron chi connectivity index (χ1n) is 6.41. The molecule has 0 bridgehead atoms. The molecule has 0 radical (unpaired) electrons. The van der Waals surface area contributed by atoms with Gasteiger partial charge in [0.05, 0.1) is 6.61 Å². The van der Waals surface area contributed by atoms with Crippen LogP contribution in [0.15, 0.2) is 28.7 Å². The molecule has 1 aromatic carbocycles. The van der Waals surface area contributed by atoms with Crippen molar-refractivity contribution in [1.29, 1.82) is 0 Å². The minimum atomic E-state index is 0.0221. The zero-order valence-electron chi connectivity index (χ0n) is 10.6. The smallest absolute Gasteiger partial charge is 0.237 e. The number of rotatable bonds is 4. The van der Waals surface area contributed by atoms with Crippen LogP contribution in [0.25, 0.3) is 0 Å². The molecule has 0 saturated carbocycles. The Kier molecular flexibility index (Phi) is 5.52. The number of hydrogen-bond donors (Lipinski definition) is 0. The maximum absolute atomic E-state index is 11.6. The number of benzene rings is 1. The summed E-state index contributed by atoms with van der Waals surface area (Å²) in [6.45, 7) is 2.21. The van der Waals surface area contributed by atoms with Crippen LogP contribution in [0, 0.1) is 5.92 Å². The highest BCUT2D eigenvalue weighted by Crippen LogP contribution is 2.21. The molecule has 1 saturated heterocycles. The Bertz CT molecular complexity index is 441. The SMILES string of the molecule is O=C(CCl)N1CCCC(COc2cccc(Br)c2)C1. The third kappa shape index (κ3) is 4.39. The van der Waals surface area contributed by atoms with Gasteiger partial charge in [-0.25, -0.2) is 0 Å². The highest BCUT2D eigenvalue weighted by molar-refractivity contribution is 9.10. The standard InChI is InChI=1S/C14H17BrClNO2/c15-12-4-1-5-13(7-12)19-10-11-3-2-6-17(9-11)14(18)8-16/h1,4-5,7,11H,2-3,6,8-10H2. The number of hydrogen-bond acceptors (Lipinski definition) is 2. The number of nitrogens with zero attached hydrogens (tertiary/aromatic N) is 1. The molecular weight excluding hydrogens is 330 g/mol. The van der Waals surface area contributed by atoms with E-state index in [9.17, 15) is 4.79 Å². The van der Waals surface area contributed by atoms with Crippen molar-refractivity contribution in [3.63, 3.8) is 0 Å². The van der Waals surface area contributed by atoms with E-state index in [0.717, 1.165) is 36.2 Å². The quantitative estimate of drug-likeness (QED) is 0.783. The number of likely N-dealkylation sites (tertiary alicyclic amines) is 1. The highest BCUT2D eigenvalue weighted by Gasteiger charge is 2.23. The van der Waals surface area contributed by atoms with Crippen molar-refractivity contribution in [2.45, 2.75) is 12.8 Å². The molecule has 104 valence electrons. The molecule has 1 amide bonds. The fourth-order valence-electron chi connectivity index (χ4n) is 2.28. The number of halogens is 2. The van der Waals surface area contributed by atoms with Crippen LogP contribution in [-0.2, 0) is 4.79 Å². The Morgan fingerprint density at radius 3 is 3.11 bits per heavy atom. The summed E-state index contributed by atoms with van der Waals surface area (Å²) in [7, 11) is 0. The topological polar surface area (TPSA) is 29.5 Å². The average molecular weight is 347 g/mol. The van der Waals surface area contributed by atoms with E-state index in [-0.39, 0.29) is 11.8 Å². The molecule has 1 aliphatic rings. The van der Waals surface area contributed by atoms with Crippen LogP contribution in [0.4, 0.5) is 0 Å². The van der Waals surface area contributed by atoms with Crippen molar-refractivity contribution in [2.75, 3.05) is 25.6 Å². The molecule has 2 rings (SSSR count). The van der Waals surface area contributed by atoms with Crippen molar-refractivity contribution in [3.05, 3.63) is 28.7 Å². The Morgan fingerprint density at radius 1 is 1.53 bits per heavy atom. The molecule has 3 nitrogen and oxygen atoms in total. The minimum absolute atomic E-state index is 0.0221. The van der Waals surface area contributed by atoms with Gasteiger partial charge in [0.1, 0.15) is 11.6 Å². The van der Waals surface area contributed by atoms with E-state index in [1.54, 1.807) is 0 Å². The Morgan fingerprint density at radius 2 is 2.37 bits per heavy atom. The zero-order chi connectivity index (χ0) is 13.7. The third-order valence-corrected chi connectivity index (χ3v) is 3.99. The first-order chi connectivity index (χ1) is 9.19. The number of ether oxygens (including phenoxy) is 1. The molecule has 0 aromatic heterocycles. The summed E-state index contributed by atoms with van der Waals surface area (Å²) in [5.41, 5.74) is 0. The molecule has 5 heteroatoms. The van der Waals surface area contributed by atoms with Crippen LogP contribution < -0.4 is 4.74 Å². The molecular formula is C14H17BrClNO2. The van der Waals surface area contributed by atoms with Gasteiger partial charge >= 0.3 is 0 Å².